The summed E-state index contributed by atoms with van der Waals surface area (Å²) in [6.45, 7) is 0.254. The molecule has 0 heterocycles. The molecule has 0 aromatic heterocycles. The van der Waals surface area contributed by atoms with E-state index in [2.05, 4.69) is 0 Å². The van der Waals surface area contributed by atoms with Gasteiger partial charge in [0.15, 0.2) is 11.6 Å². The molecule has 0 saturated carbocycles. The Hall–Kier alpha value is -3.53. The van der Waals surface area contributed by atoms with E-state index >= 15 is 0 Å². The molecular formula is C23H15FO3. The first-order valence-electron chi connectivity index (χ1n) is 8.49. The van der Waals surface area contributed by atoms with E-state index in [1.807, 2.05) is 0 Å². The maximum atomic E-state index is 13.2. The quantitative estimate of drug-likeness (QED) is 0.494. The minimum absolute atomic E-state index is 0.171. The van der Waals surface area contributed by atoms with Gasteiger partial charge in [0.25, 0.3) is 0 Å². The Morgan fingerprint density at radius 3 is 2.11 bits per heavy atom. The van der Waals surface area contributed by atoms with Crippen LogP contribution in [0.4, 0.5) is 4.39 Å². The van der Waals surface area contributed by atoms with Crippen LogP contribution in [0.3, 0.4) is 0 Å². The van der Waals surface area contributed by atoms with E-state index < -0.39 is 0 Å². The predicted octanol–water partition coefficient (Wildman–Crippen LogP) is 4.87. The molecule has 1 aliphatic rings. The molecule has 3 aromatic carbocycles. The number of hydrogen-bond donors (Lipinski definition) is 0. The Morgan fingerprint density at radius 2 is 1.48 bits per heavy atom. The molecule has 0 atom stereocenters. The molecule has 0 bridgehead atoms. The van der Waals surface area contributed by atoms with Crippen molar-refractivity contribution in [3.05, 3.63) is 106 Å². The predicted molar refractivity (Wildman–Crippen MR) is 100 cm³/mol. The van der Waals surface area contributed by atoms with Crippen LogP contribution in [0.2, 0.25) is 0 Å². The lowest BCUT2D eigenvalue weighted by Gasteiger charge is -2.07. The maximum Gasteiger partial charge on any atom is 0.197 e. The van der Waals surface area contributed by atoms with Crippen LogP contribution >= 0.6 is 0 Å². The number of carbonyl (C=O) groups is 2. The van der Waals surface area contributed by atoms with E-state index in [-0.39, 0.29) is 29.6 Å². The Labute approximate surface area is 155 Å². The number of allylic oxidation sites excluding steroid dienone is 1. The van der Waals surface area contributed by atoms with Crippen molar-refractivity contribution in [2.75, 3.05) is 0 Å². The SMILES string of the molecule is O=C1C(=Cc2ccc(OCc3cccc(F)c3)cc2)C(=O)c2ccccc21. The van der Waals surface area contributed by atoms with Crippen molar-refractivity contribution in [3.8, 4) is 5.75 Å². The molecule has 0 N–H and O–H groups in total. The van der Waals surface area contributed by atoms with Gasteiger partial charge in [0.1, 0.15) is 18.2 Å². The van der Waals surface area contributed by atoms with Crippen LogP contribution < -0.4 is 4.74 Å². The van der Waals surface area contributed by atoms with Crippen molar-refractivity contribution in [2.45, 2.75) is 6.61 Å². The molecule has 4 rings (SSSR count). The molecule has 0 amide bonds. The summed E-state index contributed by atoms with van der Waals surface area (Å²) in [6, 6.07) is 20.1. The van der Waals surface area contributed by atoms with Gasteiger partial charge in [0.2, 0.25) is 0 Å². The fourth-order valence-corrected chi connectivity index (χ4v) is 3.02. The lowest BCUT2D eigenvalue weighted by Crippen LogP contribution is -2.00. The average Bonchev–Trinajstić information content (AvgIpc) is 2.93. The van der Waals surface area contributed by atoms with Gasteiger partial charge < -0.3 is 4.74 Å². The second kappa shape index (κ2) is 7.00. The fraction of sp³-hybridized carbons (Fsp3) is 0.0435. The Kier molecular flexibility index (Phi) is 4.38. The Bertz CT molecular complexity index is 1030. The Balaban J connectivity index is 1.49. The van der Waals surface area contributed by atoms with Crippen molar-refractivity contribution in [1.29, 1.82) is 0 Å². The van der Waals surface area contributed by atoms with Crippen LogP contribution in [0.5, 0.6) is 5.75 Å². The summed E-state index contributed by atoms with van der Waals surface area (Å²) in [5, 5.41) is 0. The van der Waals surface area contributed by atoms with Crippen molar-refractivity contribution in [3.63, 3.8) is 0 Å². The van der Waals surface area contributed by atoms with E-state index in [0.29, 0.717) is 16.9 Å². The van der Waals surface area contributed by atoms with Crippen LogP contribution in [0.15, 0.2) is 78.4 Å². The third kappa shape index (κ3) is 3.42. The second-order valence-corrected chi connectivity index (χ2v) is 6.25. The van der Waals surface area contributed by atoms with Gasteiger partial charge in [-0.15, -0.1) is 0 Å². The number of ketones is 2. The van der Waals surface area contributed by atoms with E-state index in [4.69, 9.17) is 4.74 Å². The molecule has 3 aromatic rings. The molecule has 0 spiro atoms. The molecule has 0 radical (unpaired) electrons. The number of Topliss-reactive ketones (excluding diaryl/α,β-unsaturated/α-hetero) is 2. The summed E-state index contributed by atoms with van der Waals surface area (Å²) in [4.78, 5) is 24.8. The third-order valence-corrected chi connectivity index (χ3v) is 4.39. The van der Waals surface area contributed by atoms with E-state index in [1.165, 1.54) is 12.1 Å². The van der Waals surface area contributed by atoms with E-state index in [0.717, 1.165) is 11.1 Å². The summed E-state index contributed by atoms with van der Waals surface area (Å²) < 4.78 is 18.8. The van der Waals surface area contributed by atoms with E-state index in [9.17, 15) is 14.0 Å². The highest BCUT2D eigenvalue weighted by molar-refractivity contribution is 6.41. The Morgan fingerprint density at radius 1 is 0.815 bits per heavy atom. The van der Waals surface area contributed by atoms with Crippen molar-refractivity contribution < 1.29 is 18.7 Å². The number of benzene rings is 3. The van der Waals surface area contributed by atoms with Crippen molar-refractivity contribution >= 4 is 17.6 Å². The molecule has 0 unspecified atom stereocenters. The highest BCUT2D eigenvalue weighted by Crippen LogP contribution is 2.28. The first-order valence-corrected chi connectivity index (χ1v) is 8.49. The molecule has 1 aliphatic carbocycles. The zero-order valence-electron chi connectivity index (χ0n) is 14.3. The molecule has 27 heavy (non-hydrogen) atoms. The molecule has 0 aliphatic heterocycles. The van der Waals surface area contributed by atoms with Crippen LogP contribution in [0, 0.1) is 5.82 Å². The summed E-state index contributed by atoms with van der Waals surface area (Å²) in [7, 11) is 0. The zero-order valence-corrected chi connectivity index (χ0v) is 14.3. The average molecular weight is 358 g/mol. The van der Waals surface area contributed by atoms with E-state index in [1.54, 1.807) is 66.7 Å². The number of carbonyl (C=O) groups excluding carboxylic acids is 2. The van der Waals surface area contributed by atoms with Crippen LogP contribution in [0.1, 0.15) is 31.8 Å². The van der Waals surface area contributed by atoms with Gasteiger partial charge in [-0.1, -0.05) is 48.5 Å². The topological polar surface area (TPSA) is 43.4 Å². The lowest BCUT2D eigenvalue weighted by atomic mass is 10.1. The number of fused-ring (bicyclic) bond motifs is 1. The first-order chi connectivity index (χ1) is 13.1. The standard InChI is InChI=1S/C23H15FO3/c24-17-5-3-4-16(12-17)14-27-18-10-8-15(9-11-18)13-21-22(25)19-6-1-2-7-20(19)23(21)26/h1-13H,14H2. The van der Waals surface area contributed by atoms with Gasteiger partial charge in [0.05, 0.1) is 5.57 Å². The molecule has 0 fully saturated rings. The van der Waals surface area contributed by atoms with Gasteiger partial charge in [-0.2, -0.15) is 0 Å². The molecule has 0 saturated heterocycles. The zero-order chi connectivity index (χ0) is 18.8. The van der Waals surface area contributed by atoms with Crippen LogP contribution in [-0.4, -0.2) is 11.6 Å². The summed E-state index contributed by atoms with van der Waals surface area (Å²) in [5.41, 5.74) is 2.54. The van der Waals surface area contributed by atoms with Crippen molar-refractivity contribution in [1.82, 2.24) is 0 Å². The first kappa shape index (κ1) is 16.9. The molecule has 4 heteroatoms. The highest BCUT2D eigenvalue weighted by Gasteiger charge is 2.32. The van der Waals surface area contributed by atoms with Gasteiger partial charge in [-0.3, -0.25) is 9.59 Å². The monoisotopic (exact) mass is 358 g/mol. The third-order valence-electron chi connectivity index (χ3n) is 4.39. The van der Waals surface area contributed by atoms with Gasteiger partial charge in [0, 0.05) is 11.1 Å². The number of halogens is 1. The number of ether oxygens (including phenoxy) is 1. The van der Waals surface area contributed by atoms with Gasteiger partial charge in [-0.05, 0) is 41.5 Å². The minimum atomic E-state index is -0.301. The maximum absolute atomic E-state index is 13.2. The number of rotatable bonds is 4. The number of hydrogen-bond acceptors (Lipinski definition) is 3. The molecular weight excluding hydrogens is 343 g/mol. The summed E-state index contributed by atoms with van der Waals surface area (Å²) >= 11 is 0. The summed E-state index contributed by atoms with van der Waals surface area (Å²) in [5.74, 6) is -0.178. The van der Waals surface area contributed by atoms with Gasteiger partial charge in [-0.25, -0.2) is 4.39 Å². The van der Waals surface area contributed by atoms with Crippen LogP contribution in [-0.2, 0) is 6.61 Å². The molecule has 3 nitrogen and oxygen atoms in total. The molecule has 132 valence electrons. The van der Waals surface area contributed by atoms with Crippen LogP contribution in [0.25, 0.3) is 6.08 Å². The summed E-state index contributed by atoms with van der Waals surface area (Å²) in [6.07, 6.45) is 1.60. The largest absolute Gasteiger partial charge is 0.489 e. The minimum Gasteiger partial charge on any atom is -0.489 e. The fourth-order valence-electron chi connectivity index (χ4n) is 3.02. The lowest BCUT2D eigenvalue weighted by molar-refractivity contribution is 0.0990. The second-order valence-electron chi connectivity index (χ2n) is 6.25. The van der Waals surface area contributed by atoms with Crippen molar-refractivity contribution in [2.24, 2.45) is 0 Å². The normalized spacial score (nSPS) is 12.9. The smallest absolute Gasteiger partial charge is 0.197 e. The highest BCUT2D eigenvalue weighted by atomic mass is 19.1. The van der Waals surface area contributed by atoms with Gasteiger partial charge >= 0.3 is 0 Å².